The van der Waals surface area contributed by atoms with E-state index >= 15 is 0 Å². The van der Waals surface area contributed by atoms with E-state index in [1.54, 1.807) is 6.20 Å². The number of hydrogen-bond acceptors (Lipinski definition) is 4. The van der Waals surface area contributed by atoms with Crippen LogP contribution in [-0.2, 0) is 6.42 Å². The Labute approximate surface area is 148 Å². The number of para-hydroxylation sites is 1. The highest BCUT2D eigenvalue weighted by atomic mass is 16.2. The van der Waals surface area contributed by atoms with E-state index in [4.69, 9.17) is 0 Å². The molecule has 0 bridgehead atoms. The van der Waals surface area contributed by atoms with Gasteiger partial charge in [-0.1, -0.05) is 18.2 Å². The van der Waals surface area contributed by atoms with E-state index in [1.165, 1.54) is 11.3 Å². The lowest BCUT2D eigenvalue weighted by Gasteiger charge is -2.32. The molecule has 0 aliphatic carbocycles. The second-order valence-corrected chi connectivity index (χ2v) is 7.05. The first-order valence-electron chi connectivity index (χ1n) is 8.94. The van der Waals surface area contributed by atoms with E-state index in [2.05, 4.69) is 53.0 Å². The second kappa shape index (κ2) is 6.48. The Balaban J connectivity index is 1.61. The number of fused-ring (bicyclic) bond motifs is 1. The van der Waals surface area contributed by atoms with Crippen LogP contribution in [0, 0.1) is 0 Å². The van der Waals surface area contributed by atoms with Crippen molar-refractivity contribution in [1.82, 2.24) is 14.8 Å². The summed E-state index contributed by atoms with van der Waals surface area (Å²) in [6, 6.07) is 12.8. The zero-order valence-corrected chi connectivity index (χ0v) is 14.9. The van der Waals surface area contributed by atoms with Gasteiger partial charge in [-0.15, -0.1) is 0 Å². The van der Waals surface area contributed by atoms with E-state index in [0.717, 1.165) is 38.3 Å². The van der Waals surface area contributed by atoms with Gasteiger partial charge in [0, 0.05) is 49.8 Å². The van der Waals surface area contributed by atoms with E-state index in [9.17, 15) is 4.79 Å². The van der Waals surface area contributed by atoms with Gasteiger partial charge in [0.05, 0.1) is 0 Å². The van der Waals surface area contributed by atoms with Crippen LogP contribution in [0.3, 0.4) is 0 Å². The average molecular weight is 336 g/mol. The van der Waals surface area contributed by atoms with Crippen LogP contribution in [0.5, 0.6) is 0 Å². The molecular weight excluding hydrogens is 312 g/mol. The van der Waals surface area contributed by atoms with Crippen molar-refractivity contribution in [3.63, 3.8) is 0 Å². The van der Waals surface area contributed by atoms with Gasteiger partial charge in [-0.25, -0.2) is 0 Å². The molecule has 0 saturated carbocycles. The molecule has 25 heavy (non-hydrogen) atoms. The normalized spacial score (nSPS) is 20.6. The quantitative estimate of drug-likeness (QED) is 0.845. The van der Waals surface area contributed by atoms with Crippen LogP contribution >= 0.6 is 0 Å². The number of carbonyl (C=O) groups is 1. The van der Waals surface area contributed by atoms with Crippen LogP contribution < -0.4 is 4.90 Å². The highest BCUT2D eigenvalue weighted by Crippen LogP contribution is 2.38. The lowest BCUT2D eigenvalue weighted by Crippen LogP contribution is -2.47. The molecule has 3 heterocycles. The highest BCUT2D eigenvalue weighted by Gasteiger charge is 2.28. The van der Waals surface area contributed by atoms with Crippen LogP contribution in [0.25, 0.3) is 0 Å². The summed E-state index contributed by atoms with van der Waals surface area (Å²) in [6.07, 6.45) is 2.78. The first-order chi connectivity index (χ1) is 12.1. The molecule has 5 heteroatoms. The predicted molar refractivity (Wildman–Crippen MR) is 99.4 cm³/mol. The molecule has 5 nitrogen and oxygen atoms in total. The van der Waals surface area contributed by atoms with E-state index in [0.29, 0.717) is 11.7 Å². The van der Waals surface area contributed by atoms with E-state index in [-0.39, 0.29) is 5.91 Å². The Hall–Kier alpha value is -2.40. The van der Waals surface area contributed by atoms with Crippen LogP contribution in [0.4, 0.5) is 11.4 Å². The van der Waals surface area contributed by atoms with Crippen molar-refractivity contribution in [2.24, 2.45) is 0 Å². The lowest BCUT2D eigenvalue weighted by molar-refractivity contribution is 0.0658. The summed E-state index contributed by atoms with van der Waals surface area (Å²) in [4.78, 5) is 23.7. The number of rotatable bonds is 2. The van der Waals surface area contributed by atoms with Gasteiger partial charge in [0.2, 0.25) is 0 Å². The van der Waals surface area contributed by atoms with Gasteiger partial charge in [-0.3, -0.25) is 9.78 Å². The number of hydrogen-bond donors (Lipinski definition) is 0. The molecule has 1 saturated heterocycles. The fraction of sp³-hybridized carbons (Fsp3) is 0.400. The van der Waals surface area contributed by atoms with Gasteiger partial charge < -0.3 is 14.7 Å². The van der Waals surface area contributed by atoms with E-state index in [1.807, 2.05) is 17.0 Å². The molecule has 0 N–H and O–H groups in total. The monoisotopic (exact) mass is 336 g/mol. The molecule has 1 atom stereocenters. The van der Waals surface area contributed by atoms with Gasteiger partial charge >= 0.3 is 0 Å². The van der Waals surface area contributed by atoms with Crippen molar-refractivity contribution in [3.05, 3.63) is 53.9 Å². The molecule has 2 aliphatic rings. The lowest BCUT2D eigenvalue weighted by atomic mass is 10.1. The number of nitrogens with zero attached hydrogens (tertiary/aromatic N) is 4. The number of amides is 1. The highest BCUT2D eigenvalue weighted by molar-refractivity contribution is 5.93. The van der Waals surface area contributed by atoms with Crippen molar-refractivity contribution in [3.8, 4) is 0 Å². The maximum Gasteiger partial charge on any atom is 0.272 e. The third-order valence-electron chi connectivity index (χ3n) is 5.24. The summed E-state index contributed by atoms with van der Waals surface area (Å²) in [5.74, 6) is 0.0371. The van der Waals surface area contributed by atoms with Crippen LogP contribution in [-0.4, -0.2) is 60.0 Å². The van der Waals surface area contributed by atoms with Crippen molar-refractivity contribution in [2.75, 3.05) is 38.1 Å². The number of pyridine rings is 1. The molecule has 130 valence electrons. The minimum atomic E-state index is 0.0371. The summed E-state index contributed by atoms with van der Waals surface area (Å²) in [5, 5.41) is 0. The zero-order chi connectivity index (χ0) is 17.4. The van der Waals surface area contributed by atoms with Crippen molar-refractivity contribution in [2.45, 2.75) is 19.4 Å². The number of aromatic nitrogens is 1. The Morgan fingerprint density at radius 1 is 1.12 bits per heavy atom. The first-order valence-corrected chi connectivity index (χ1v) is 8.94. The van der Waals surface area contributed by atoms with Gasteiger partial charge in [0.1, 0.15) is 5.69 Å². The molecule has 1 unspecified atom stereocenters. The van der Waals surface area contributed by atoms with E-state index < -0.39 is 0 Å². The third-order valence-corrected chi connectivity index (χ3v) is 5.24. The molecule has 1 aromatic heterocycles. The second-order valence-electron chi connectivity index (χ2n) is 7.05. The predicted octanol–water partition coefficient (Wildman–Crippen LogP) is 2.55. The molecule has 4 rings (SSSR count). The standard InChI is InChI=1S/C20H24N4O/c1-15-13-16-5-3-4-6-19(16)24(15)17-7-8-21-18(14-17)20(25)23-11-9-22(2)10-12-23/h3-8,14-15H,9-13H2,1-2H3. The maximum atomic E-state index is 12.8. The molecule has 2 aliphatic heterocycles. The Morgan fingerprint density at radius 2 is 1.88 bits per heavy atom. The fourth-order valence-corrected chi connectivity index (χ4v) is 3.82. The maximum absolute atomic E-state index is 12.8. The molecule has 1 aromatic carbocycles. The molecule has 0 radical (unpaired) electrons. The topological polar surface area (TPSA) is 39.7 Å². The SMILES string of the molecule is CC1Cc2ccccc2N1c1ccnc(C(=O)N2CCN(C)CC2)c1. The largest absolute Gasteiger partial charge is 0.338 e. The summed E-state index contributed by atoms with van der Waals surface area (Å²) in [7, 11) is 2.09. The summed E-state index contributed by atoms with van der Waals surface area (Å²) < 4.78 is 0. The molecule has 1 amide bonds. The van der Waals surface area contributed by atoms with Crippen LogP contribution in [0.15, 0.2) is 42.6 Å². The van der Waals surface area contributed by atoms with Crippen LogP contribution in [0.1, 0.15) is 23.0 Å². The summed E-state index contributed by atoms with van der Waals surface area (Å²) in [5.41, 5.74) is 4.18. The number of anilines is 2. The van der Waals surface area contributed by atoms with Crippen molar-refractivity contribution < 1.29 is 4.79 Å². The van der Waals surface area contributed by atoms with Gasteiger partial charge in [0.15, 0.2) is 0 Å². The van der Waals surface area contributed by atoms with Crippen molar-refractivity contribution >= 4 is 17.3 Å². The third kappa shape index (κ3) is 3.00. The number of piperazine rings is 1. The number of likely N-dealkylation sites (N-methyl/N-ethyl adjacent to an activating group) is 1. The minimum absolute atomic E-state index is 0.0371. The van der Waals surface area contributed by atoms with Gasteiger partial charge in [0.25, 0.3) is 5.91 Å². The summed E-state index contributed by atoms with van der Waals surface area (Å²) in [6.45, 7) is 5.60. The minimum Gasteiger partial charge on any atom is -0.338 e. The molecule has 1 fully saturated rings. The number of carbonyl (C=O) groups excluding carboxylic acids is 1. The molecule has 0 spiro atoms. The Morgan fingerprint density at radius 3 is 2.68 bits per heavy atom. The molecule has 2 aromatic rings. The zero-order valence-electron chi connectivity index (χ0n) is 14.9. The summed E-state index contributed by atoms with van der Waals surface area (Å²) >= 11 is 0. The fourth-order valence-electron chi connectivity index (χ4n) is 3.82. The Kier molecular flexibility index (Phi) is 4.17. The molecular formula is C20H24N4O. The Bertz CT molecular complexity index is 783. The average Bonchev–Trinajstić information content (AvgIpc) is 2.97. The van der Waals surface area contributed by atoms with Crippen LogP contribution in [0.2, 0.25) is 0 Å². The van der Waals surface area contributed by atoms with Gasteiger partial charge in [-0.05, 0) is 44.2 Å². The van der Waals surface area contributed by atoms with Crippen molar-refractivity contribution in [1.29, 1.82) is 0 Å². The number of benzene rings is 1. The first kappa shape index (κ1) is 16.1. The smallest absolute Gasteiger partial charge is 0.272 e. The van der Waals surface area contributed by atoms with Gasteiger partial charge in [-0.2, -0.15) is 0 Å².